The molecule has 0 saturated carbocycles. The zero-order chi connectivity index (χ0) is 23.5. The fraction of sp³-hybridized carbons (Fsp3) is 0.136. The molecule has 2 aromatic carbocycles. The van der Waals surface area contributed by atoms with Crippen molar-refractivity contribution >= 4 is 28.5 Å². The number of hydrogen-bond acceptors (Lipinski definition) is 8. The third-order valence-corrected chi connectivity index (χ3v) is 4.89. The molecule has 0 bridgehead atoms. The fourth-order valence-corrected chi connectivity index (χ4v) is 3.47. The van der Waals surface area contributed by atoms with E-state index in [-0.39, 0.29) is 35.3 Å². The van der Waals surface area contributed by atoms with Crippen LogP contribution in [0.5, 0.6) is 0 Å². The van der Waals surface area contributed by atoms with Gasteiger partial charge in [0.25, 0.3) is 5.56 Å². The number of aryl methyl sites for hydroxylation is 1. The van der Waals surface area contributed by atoms with Crippen molar-refractivity contribution in [3.05, 3.63) is 75.8 Å². The molecule has 0 aliphatic heterocycles. The van der Waals surface area contributed by atoms with Crippen molar-refractivity contribution in [1.82, 2.24) is 19.5 Å². The summed E-state index contributed by atoms with van der Waals surface area (Å²) in [5.74, 6) is -1.20. The van der Waals surface area contributed by atoms with Crippen LogP contribution in [0.4, 0.5) is 26.4 Å². The summed E-state index contributed by atoms with van der Waals surface area (Å²) in [7, 11) is 0. The molecule has 4 rings (SSSR count). The van der Waals surface area contributed by atoms with Crippen LogP contribution in [0.3, 0.4) is 0 Å². The van der Waals surface area contributed by atoms with E-state index in [2.05, 4.69) is 20.3 Å². The van der Waals surface area contributed by atoms with E-state index in [1.165, 1.54) is 4.57 Å². The molecular formula is C22H18F2N8O. The van der Waals surface area contributed by atoms with Crippen LogP contribution in [0.15, 0.2) is 47.3 Å². The number of nitrogens with one attached hydrogen (secondary N) is 1. The zero-order valence-electron chi connectivity index (χ0n) is 17.2. The van der Waals surface area contributed by atoms with Gasteiger partial charge in [0.15, 0.2) is 5.82 Å². The first-order valence-corrected chi connectivity index (χ1v) is 9.91. The summed E-state index contributed by atoms with van der Waals surface area (Å²) in [5, 5.41) is 12.6. The Balaban J connectivity index is 1.65. The number of anilines is 3. The Morgan fingerprint density at radius 1 is 1.06 bits per heavy atom. The molecule has 0 unspecified atom stereocenters. The van der Waals surface area contributed by atoms with Gasteiger partial charge < -0.3 is 16.8 Å². The number of para-hydroxylation sites is 1. The minimum absolute atomic E-state index is 0.0364. The van der Waals surface area contributed by atoms with Gasteiger partial charge in [0, 0.05) is 19.0 Å². The molecule has 0 amide bonds. The summed E-state index contributed by atoms with van der Waals surface area (Å²) in [4.78, 5) is 25.5. The molecule has 0 fully saturated rings. The van der Waals surface area contributed by atoms with E-state index in [1.807, 2.05) is 6.07 Å². The minimum atomic E-state index is -0.805. The number of rotatable bonds is 6. The van der Waals surface area contributed by atoms with Crippen molar-refractivity contribution in [2.75, 3.05) is 23.3 Å². The maximum atomic E-state index is 13.9. The molecule has 2 heterocycles. The van der Waals surface area contributed by atoms with Crippen LogP contribution in [0.1, 0.15) is 17.8 Å². The number of hydrogen-bond donors (Lipinski definition) is 3. The van der Waals surface area contributed by atoms with Gasteiger partial charge >= 0.3 is 0 Å². The summed E-state index contributed by atoms with van der Waals surface area (Å²) in [5.41, 5.74) is 11.5. The first kappa shape index (κ1) is 21.6. The second-order valence-corrected chi connectivity index (χ2v) is 7.15. The molecule has 0 saturated heterocycles. The van der Waals surface area contributed by atoms with Gasteiger partial charge in [-0.15, -0.1) is 0 Å². The lowest BCUT2D eigenvalue weighted by molar-refractivity contribution is 0.580. The van der Waals surface area contributed by atoms with Crippen molar-refractivity contribution in [3.8, 4) is 11.8 Å². The molecule has 0 spiro atoms. The van der Waals surface area contributed by atoms with Crippen LogP contribution in [0, 0.1) is 23.0 Å². The smallest absolute Gasteiger partial charge is 0.265 e. The summed E-state index contributed by atoms with van der Waals surface area (Å²) in [6, 6.07) is 11.6. The molecule has 33 heavy (non-hydrogen) atoms. The second-order valence-electron chi connectivity index (χ2n) is 7.15. The Morgan fingerprint density at radius 3 is 2.52 bits per heavy atom. The molecule has 11 heteroatoms. The van der Waals surface area contributed by atoms with E-state index < -0.39 is 17.2 Å². The van der Waals surface area contributed by atoms with E-state index in [0.29, 0.717) is 29.7 Å². The Kier molecular flexibility index (Phi) is 5.82. The monoisotopic (exact) mass is 448 g/mol. The average Bonchev–Trinajstić information content (AvgIpc) is 2.76. The van der Waals surface area contributed by atoms with Gasteiger partial charge in [-0.1, -0.05) is 12.1 Å². The molecule has 5 N–H and O–H groups in total. The maximum absolute atomic E-state index is 13.9. The lowest BCUT2D eigenvalue weighted by atomic mass is 10.2. The molecule has 2 aromatic heterocycles. The van der Waals surface area contributed by atoms with E-state index in [1.54, 1.807) is 24.3 Å². The van der Waals surface area contributed by atoms with Gasteiger partial charge in [0.2, 0.25) is 5.95 Å². The number of halogens is 2. The van der Waals surface area contributed by atoms with Crippen LogP contribution < -0.4 is 22.3 Å². The number of nitriles is 1. The Hall–Kier alpha value is -4.59. The van der Waals surface area contributed by atoms with Gasteiger partial charge in [-0.2, -0.15) is 15.2 Å². The molecule has 166 valence electrons. The number of nitrogens with zero attached hydrogens (tertiary/aromatic N) is 5. The average molecular weight is 448 g/mol. The highest BCUT2D eigenvalue weighted by atomic mass is 19.1. The van der Waals surface area contributed by atoms with Gasteiger partial charge in [-0.25, -0.2) is 13.8 Å². The summed E-state index contributed by atoms with van der Waals surface area (Å²) < 4.78 is 29.0. The van der Waals surface area contributed by atoms with Crippen molar-refractivity contribution in [2.45, 2.75) is 12.8 Å². The molecule has 0 aliphatic rings. The highest BCUT2D eigenvalue weighted by Crippen LogP contribution is 2.19. The van der Waals surface area contributed by atoms with Crippen molar-refractivity contribution in [2.24, 2.45) is 0 Å². The largest absolute Gasteiger partial charge is 0.382 e. The Bertz CT molecular complexity index is 1440. The highest BCUT2D eigenvalue weighted by Gasteiger charge is 2.15. The van der Waals surface area contributed by atoms with Crippen LogP contribution >= 0.6 is 0 Å². The van der Waals surface area contributed by atoms with Crippen molar-refractivity contribution < 1.29 is 8.78 Å². The first-order valence-electron chi connectivity index (χ1n) is 9.91. The number of aromatic nitrogens is 4. The van der Waals surface area contributed by atoms with Gasteiger partial charge in [-0.3, -0.25) is 9.36 Å². The summed E-state index contributed by atoms with van der Waals surface area (Å²) in [6.45, 7) is 0.324. The topological polar surface area (TPSA) is 149 Å². The van der Waals surface area contributed by atoms with Gasteiger partial charge in [0.05, 0.1) is 16.6 Å². The summed E-state index contributed by atoms with van der Waals surface area (Å²) in [6.07, 6.45) is 0.723. The number of nitrogens with two attached hydrogens (primary N) is 2. The van der Waals surface area contributed by atoms with Crippen LogP contribution in [-0.4, -0.2) is 26.1 Å². The number of benzene rings is 2. The predicted octanol–water partition coefficient (Wildman–Crippen LogP) is 2.53. The zero-order valence-corrected chi connectivity index (χ0v) is 17.2. The number of nitrogen functional groups attached to an aromatic ring is 2. The second kappa shape index (κ2) is 8.88. The van der Waals surface area contributed by atoms with Crippen LogP contribution in [-0.2, 0) is 6.42 Å². The van der Waals surface area contributed by atoms with E-state index in [9.17, 15) is 18.8 Å². The van der Waals surface area contributed by atoms with Crippen molar-refractivity contribution in [1.29, 1.82) is 5.26 Å². The fourth-order valence-electron chi connectivity index (χ4n) is 3.47. The minimum Gasteiger partial charge on any atom is -0.382 e. The molecule has 0 radical (unpaired) electrons. The quantitative estimate of drug-likeness (QED) is 0.381. The third kappa shape index (κ3) is 4.40. The van der Waals surface area contributed by atoms with Crippen LogP contribution in [0.2, 0.25) is 0 Å². The van der Waals surface area contributed by atoms with Gasteiger partial charge in [0.1, 0.15) is 34.9 Å². The molecular weight excluding hydrogens is 430 g/mol. The SMILES string of the molecule is N#Cc1c(N)nc(N)nc1NCCCc1nc2ccccc2c(=O)n1-c1cc(F)cc(F)c1. The normalized spacial score (nSPS) is 10.8. The lowest BCUT2D eigenvalue weighted by Crippen LogP contribution is -2.24. The van der Waals surface area contributed by atoms with Gasteiger partial charge in [-0.05, 0) is 30.7 Å². The van der Waals surface area contributed by atoms with Crippen LogP contribution in [0.25, 0.3) is 16.6 Å². The highest BCUT2D eigenvalue weighted by molar-refractivity contribution is 5.77. The predicted molar refractivity (Wildman–Crippen MR) is 120 cm³/mol. The standard InChI is InChI=1S/C22H18F2N8O/c23-12-8-13(24)10-14(9-12)32-18(29-17-5-2-1-4-15(17)21(32)33)6-3-7-28-20-16(11-25)19(26)30-22(27)31-20/h1-2,4-5,8-10H,3,6-7H2,(H5,26,27,28,30,31). The first-order chi connectivity index (χ1) is 15.9. The molecule has 9 nitrogen and oxygen atoms in total. The molecule has 0 aliphatic carbocycles. The van der Waals surface area contributed by atoms with E-state index in [4.69, 9.17) is 11.5 Å². The summed E-state index contributed by atoms with van der Waals surface area (Å²) >= 11 is 0. The van der Waals surface area contributed by atoms with Crippen molar-refractivity contribution in [3.63, 3.8) is 0 Å². The maximum Gasteiger partial charge on any atom is 0.265 e. The lowest BCUT2D eigenvalue weighted by Gasteiger charge is -2.14. The number of fused-ring (bicyclic) bond motifs is 1. The molecule has 4 aromatic rings. The Morgan fingerprint density at radius 2 is 1.79 bits per heavy atom. The molecule has 0 atom stereocenters. The third-order valence-electron chi connectivity index (χ3n) is 4.89. The van der Waals surface area contributed by atoms with E-state index >= 15 is 0 Å². The Labute approximate surface area is 186 Å². The van der Waals surface area contributed by atoms with E-state index in [0.717, 1.165) is 18.2 Å².